The molecule has 3 heterocycles. The van der Waals surface area contributed by atoms with Crippen molar-refractivity contribution < 1.29 is 14.4 Å². The Kier molecular flexibility index (Phi) is 3.71. The molecule has 0 aliphatic carbocycles. The summed E-state index contributed by atoms with van der Waals surface area (Å²) in [6.45, 7) is 0. The monoisotopic (exact) mass is 316 g/mol. The zero-order valence-corrected chi connectivity index (χ0v) is 11.9. The van der Waals surface area contributed by atoms with Crippen LogP contribution >= 0.6 is 7.92 Å². The van der Waals surface area contributed by atoms with E-state index in [1.54, 1.807) is 0 Å². The van der Waals surface area contributed by atoms with Gasteiger partial charge in [-0.05, 0) is 0 Å². The molecule has 10 heteroatoms. The van der Waals surface area contributed by atoms with Gasteiger partial charge in [-0.25, -0.2) is 15.0 Å². The van der Waals surface area contributed by atoms with Crippen LogP contribution in [-0.2, 0) is 0 Å². The fraction of sp³-hybridized carbons (Fsp3) is 0. The van der Waals surface area contributed by atoms with Crippen LogP contribution < -0.4 is 0 Å². The SMILES string of the molecule is O=C(c1ncc[nH]1)P(C(=O)c1ncc[nH]1)C(=O)c1ncc[nH]1. The van der Waals surface area contributed by atoms with Crippen molar-refractivity contribution in [2.45, 2.75) is 0 Å². The van der Waals surface area contributed by atoms with Gasteiger partial charge >= 0.3 is 0 Å². The second-order valence-corrected chi connectivity index (χ2v) is 5.95. The fourth-order valence-corrected chi connectivity index (χ4v) is 3.30. The third-order valence-corrected chi connectivity index (χ3v) is 4.57. The van der Waals surface area contributed by atoms with Gasteiger partial charge in [0.2, 0.25) is 16.6 Å². The Morgan fingerprint density at radius 1 is 0.682 bits per heavy atom. The molecule has 0 atom stereocenters. The van der Waals surface area contributed by atoms with Gasteiger partial charge in [-0.3, -0.25) is 14.4 Å². The fourth-order valence-electron chi connectivity index (χ4n) is 1.74. The lowest BCUT2D eigenvalue weighted by Crippen LogP contribution is -2.16. The number of rotatable bonds is 6. The van der Waals surface area contributed by atoms with Crippen LogP contribution in [0.4, 0.5) is 0 Å². The van der Waals surface area contributed by atoms with Gasteiger partial charge in [-0.1, -0.05) is 0 Å². The van der Waals surface area contributed by atoms with E-state index in [2.05, 4.69) is 29.9 Å². The molecule has 0 saturated heterocycles. The average molecular weight is 316 g/mol. The first kappa shape index (κ1) is 14.0. The molecule has 9 nitrogen and oxygen atoms in total. The third kappa shape index (κ3) is 2.49. The summed E-state index contributed by atoms with van der Waals surface area (Å²) >= 11 is 0. The summed E-state index contributed by atoms with van der Waals surface area (Å²) in [5.74, 6) is -0.150. The molecule has 0 radical (unpaired) electrons. The number of carbonyl (C=O) groups is 3. The van der Waals surface area contributed by atoms with Gasteiger partial charge in [0.05, 0.1) is 0 Å². The van der Waals surface area contributed by atoms with E-state index in [4.69, 9.17) is 0 Å². The topological polar surface area (TPSA) is 137 Å². The maximum absolute atomic E-state index is 12.5. The van der Waals surface area contributed by atoms with Gasteiger partial charge in [0.15, 0.2) is 17.5 Å². The van der Waals surface area contributed by atoms with Crippen LogP contribution in [0.1, 0.15) is 31.9 Å². The molecular weight excluding hydrogens is 307 g/mol. The number of carbonyl (C=O) groups excluding carboxylic acids is 3. The lowest BCUT2D eigenvalue weighted by Gasteiger charge is -2.09. The van der Waals surface area contributed by atoms with Crippen molar-refractivity contribution in [1.82, 2.24) is 29.9 Å². The van der Waals surface area contributed by atoms with E-state index in [9.17, 15) is 14.4 Å². The van der Waals surface area contributed by atoms with E-state index in [-0.39, 0.29) is 17.5 Å². The number of aromatic amines is 3. The first-order valence-corrected chi connectivity index (χ1v) is 7.44. The molecule has 0 amide bonds. The molecular formula is C12H9N6O3P. The predicted molar refractivity (Wildman–Crippen MR) is 75.7 cm³/mol. The van der Waals surface area contributed by atoms with Gasteiger partial charge < -0.3 is 15.0 Å². The molecule has 3 aromatic heterocycles. The van der Waals surface area contributed by atoms with Crippen LogP contribution in [0.5, 0.6) is 0 Å². The normalized spacial score (nSPS) is 10.8. The van der Waals surface area contributed by atoms with Crippen molar-refractivity contribution in [3.63, 3.8) is 0 Å². The van der Waals surface area contributed by atoms with E-state index in [1.165, 1.54) is 37.2 Å². The van der Waals surface area contributed by atoms with E-state index in [0.717, 1.165) is 0 Å². The highest BCUT2D eigenvalue weighted by molar-refractivity contribution is 8.03. The number of hydrogen-bond acceptors (Lipinski definition) is 6. The largest absolute Gasteiger partial charge is 0.342 e. The Morgan fingerprint density at radius 3 is 1.23 bits per heavy atom. The maximum atomic E-state index is 12.5. The van der Waals surface area contributed by atoms with Crippen molar-refractivity contribution in [3.8, 4) is 0 Å². The predicted octanol–water partition coefficient (Wildman–Crippen LogP) is 1.16. The molecule has 0 aromatic carbocycles. The van der Waals surface area contributed by atoms with Gasteiger partial charge in [0.1, 0.15) is 7.92 Å². The second-order valence-electron chi connectivity index (χ2n) is 4.06. The minimum absolute atomic E-state index is 0.0501. The quantitative estimate of drug-likeness (QED) is 0.583. The Labute approximate surface area is 124 Å². The molecule has 3 N–H and O–H groups in total. The number of aromatic nitrogens is 6. The van der Waals surface area contributed by atoms with Crippen molar-refractivity contribution in [2.75, 3.05) is 0 Å². The summed E-state index contributed by atoms with van der Waals surface area (Å²) in [6, 6.07) is 0. The second kappa shape index (κ2) is 5.82. The minimum Gasteiger partial charge on any atom is -0.342 e. The number of H-pyrrole nitrogens is 3. The summed E-state index contributed by atoms with van der Waals surface area (Å²) in [5.41, 5.74) is -2.03. The van der Waals surface area contributed by atoms with Gasteiger partial charge in [-0.15, -0.1) is 0 Å². The maximum Gasteiger partial charge on any atom is 0.235 e. The summed E-state index contributed by atoms with van der Waals surface area (Å²) in [5, 5.41) is 0. The zero-order valence-electron chi connectivity index (χ0n) is 11.0. The minimum atomic E-state index is -2.39. The number of nitrogens with zero attached hydrogens (tertiary/aromatic N) is 3. The molecule has 0 unspecified atom stereocenters. The highest BCUT2D eigenvalue weighted by Gasteiger charge is 2.39. The molecule has 3 rings (SSSR count). The number of nitrogens with one attached hydrogen (secondary N) is 3. The molecule has 0 saturated carbocycles. The van der Waals surface area contributed by atoms with E-state index >= 15 is 0 Å². The van der Waals surface area contributed by atoms with Gasteiger partial charge in [0, 0.05) is 37.2 Å². The summed E-state index contributed by atoms with van der Waals surface area (Å²) in [6.07, 6.45) is 8.43. The van der Waals surface area contributed by atoms with Gasteiger partial charge in [-0.2, -0.15) is 0 Å². The lowest BCUT2D eigenvalue weighted by molar-refractivity contribution is 0.101. The standard InChI is InChI=1S/C12H9N6O3P/c19-10(7-13-1-2-14-7)22(11(20)8-15-3-4-16-8)12(21)9-17-5-6-18-9/h1-6H,(H,13,14)(H,15,16)(H,17,18). The lowest BCUT2D eigenvalue weighted by atomic mass is 10.7. The Balaban J connectivity index is 2.00. The Morgan fingerprint density at radius 2 is 1.00 bits per heavy atom. The van der Waals surface area contributed by atoms with Crippen molar-refractivity contribution >= 4 is 24.5 Å². The number of imidazole rings is 3. The van der Waals surface area contributed by atoms with Crippen LogP contribution in [0.25, 0.3) is 0 Å². The van der Waals surface area contributed by atoms with Crippen LogP contribution in [0.2, 0.25) is 0 Å². The number of hydrogen-bond donors (Lipinski definition) is 3. The molecule has 3 aromatic rings. The van der Waals surface area contributed by atoms with E-state index in [1.807, 2.05) is 0 Å². The molecule has 0 aliphatic heterocycles. The van der Waals surface area contributed by atoms with Crippen LogP contribution in [-0.4, -0.2) is 46.5 Å². The molecule has 0 fully saturated rings. The van der Waals surface area contributed by atoms with Crippen molar-refractivity contribution in [1.29, 1.82) is 0 Å². The highest BCUT2D eigenvalue weighted by atomic mass is 31.1. The molecule has 22 heavy (non-hydrogen) atoms. The third-order valence-electron chi connectivity index (χ3n) is 2.71. The van der Waals surface area contributed by atoms with E-state index in [0.29, 0.717) is 0 Å². The Hall–Kier alpha value is -2.93. The molecule has 0 bridgehead atoms. The van der Waals surface area contributed by atoms with E-state index < -0.39 is 24.5 Å². The first-order chi connectivity index (χ1) is 10.7. The van der Waals surface area contributed by atoms with Crippen LogP contribution in [0.15, 0.2) is 37.2 Å². The molecule has 0 spiro atoms. The molecule has 0 aliphatic rings. The summed E-state index contributed by atoms with van der Waals surface area (Å²) < 4.78 is 0. The van der Waals surface area contributed by atoms with Crippen LogP contribution in [0.3, 0.4) is 0 Å². The Bertz CT molecular complexity index is 684. The van der Waals surface area contributed by atoms with Gasteiger partial charge in [0.25, 0.3) is 0 Å². The first-order valence-electron chi connectivity index (χ1n) is 6.09. The zero-order chi connectivity index (χ0) is 15.5. The average Bonchev–Trinajstić information content (AvgIpc) is 3.29. The highest BCUT2D eigenvalue weighted by Crippen LogP contribution is 2.44. The van der Waals surface area contributed by atoms with Crippen molar-refractivity contribution in [2.24, 2.45) is 0 Å². The summed E-state index contributed by atoms with van der Waals surface area (Å²) in [4.78, 5) is 56.7. The summed E-state index contributed by atoms with van der Waals surface area (Å²) in [7, 11) is -2.39. The smallest absolute Gasteiger partial charge is 0.235 e. The van der Waals surface area contributed by atoms with Crippen LogP contribution in [0, 0.1) is 0 Å². The van der Waals surface area contributed by atoms with Crippen molar-refractivity contribution in [3.05, 3.63) is 54.7 Å². The molecule has 110 valence electrons.